The van der Waals surface area contributed by atoms with Crippen LogP contribution in [0.3, 0.4) is 0 Å². The highest BCUT2D eigenvalue weighted by Crippen LogP contribution is 2.24. The van der Waals surface area contributed by atoms with Crippen molar-refractivity contribution < 1.29 is 9.59 Å². The molecule has 0 unspecified atom stereocenters. The van der Waals surface area contributed by atoms with Gasteiger partial charge in [-0.05, 0) is 43.4 Å². The lowest BCUT2D eigenvalue weighted by atomic mass is 9.88. The van der Waals surface area contributed by atoms with Crippen molar-refractivity contribution in [2.24, 2.45) is 5.92 Å². The fourth-order valence-electron chi connectivity index (χ4n) is 2.12. The fraction of sp³-hybridized carbons (Fsp3) is 0.429. The molecule has 1 aromatic rings. The van der Waals surface area contributed by atoms with Gasteiger partial charge in [-0.15, -0.1) is 11.8 Å². The van der Waals surface area contributed by atoms with Crippen LogP contribution in [0.15, 0.2) is 29.2 Å². The monoisotopic (exact) mass is 263 g/mol. The maximum absolute atomic E-state index is 12.0. The first-order chi connectivity index (χ1) is 8.69. The Labute approximate surface area is 111 Å². The van der Waals surface area contributed by atoms with E-state index < -0.39 is 0 Å². The second kappa shape index (κ2) is 6.05. The van der Waals surface area contributed by atoms with Crippen molar-refractivity contribution in [1.82, 2.24) is 0 Å². The third kappa shape index (κ3) is 3.35. The van der Waals surface area contributed by atoms with E-state index in [1.807, 2.05) is 30.5 Å². The SMILES string of the molecule is CSc1ccc(NC(=O)C2CCC(=O)CC2)cc1. The van der Waals surface area contributed by atoms with Crippen molar-refractivity contribution in [3.8, 4) is 0 Å². The number of nitrogens with one attached hydrogen (secondary N) is 1. The van der Waals surface area contributed by atoms with E-state index in [9.17, 15) is 9.59 Å². The summed E-state index contributed by atoms with van der Waals surface area (Å²) >= 11 is 1.67. The summed E-state index contributed by atoms with van der Waals surface area (Å²) in [6.07, 6.45) is 4.49. The topological polar surface area (TPSA) is 46.2 Å². The third-order valence-electron chi connectivity index (χ3n) is 3.27. The summed E-state index contributed by atoms with van der Waals surface area (Å²) in [5.41, 5.74) is 0.828. The largest absolute Gasteiger partial charge is 0.326 e. The van der Waals surface area contributed by atoms with E-state index in [2.05, 4.69) is 5.32 Å². The number of carbonyl (C=O) groups is 2. The minimum Gasteiger partial charge on any atom is -0.326 e. The van der Waals surface area contributed by atoms with Crippen LogP contribution in [0.5, 0.6) is 0 Å². The molecule has 1 fully saturated rings. The summed E-state index contributed by atoms with van der Waals surface area (Å²) in [4.78, 5) is 24.3. The smallest absolute Gasteiger partial charge is 0.227 e. The molecule has 1 amide bonds. The summed E-state index contributed by atoms with van der Waals surface area (Å²) in [7, 11) is 0. The second-order valence-electron chi connectivity index (χ2n) is 4.53. The van der Waals surface area contributed by atoms with E-state index in [0.717, 1.165) is 5.69 Å². The molecule has 3 nitrogen and oxygen atoms in total. The van der Waals surface area contributed by atoms with Crippen LogP contribution in [0.2, 0.25) is 0 Å². The molecule has 0 aromatic heterocycles. The molecule has 0 bridgehead atoms. The summed E-state index contributed by atoms with van der Waals surface area (Å²) in [6.45, 7) is 0. The van der Waals surface area contributed by atoms with Crippen LogP contribution in [0.25, 0.3) is 0 Å². The van der Waals surface area contributed by atoms with Gasteiger partial charge < -0.3 is 5.32 Å². The Hall–Kier alpha value is -1.29. The average Bonchev–Trinajstić information content (AvgIpc) is 2.40. The lowest BCUT2D eigenvalue weighted by molar-refractivity contribution is -0.125. The highest BCUT2D eigenvalue weighted by molar-refractivity contribution is 7.98. The Morgan fingerprint density at radius 2 is 1.83 bits per heavy atom. The van der Waals surface area contributed by atoms with Gasteiger partial charge in [0.15, 0.2) is 0 Å². The van der Waals surface area contributed by atoms with Gasteiger partial charge in [0.25, 0.3) is 0 Å². The first-order valence-corrected chi connectivity index (χ1v) is 7.38. The number of thioether (sulfide) groups is 1. The molecule has 1 aliphatic rings. The molecule has 0 heterocycles. The van der Waals surface area contributed by atoms with Gasteiger partial charge in [0, 0.05) is 29.3 Å². The molecule has 0 spiro atoms. The van der Waals surface area contributed by atoms with Crippen LogP contribution in [-0.4, -0.2) is 17.9 Å². The predicted molar refractivity (Wildman–Crippen MR) is 73.8 cm³/mol. The van der Waals surface area contributed by atoms with Crippen LogP contribution in [0, 0.1) is 5.92 Å². The molecule has 0 radical (unpaired) electrons. The number of anilines is 1. The van der Waals surface area contributed by atoms with Gasteiger partial charge in [0.05, 0.1) is 0 Å². The minimum atomic E-state index is -0.0112. The molecule has 1 aliphatic carbocycles. The molecule has 0 atom stereocenters. The van der Waals surface area contributed by atoms with E-state index in [-0.39, 0.29) is 17.6 Å². The van der Waals surface area contributed by atoms with Gasteiger partial charge >= 0.3 is 0 Å². The molecule has 18 heavy (non-hydrogen) atoms. The van der Waals surface area contributed by atoms with Crippen molar-refractivity contribution in [3.05, 3.63) is 24.3 Å². The Morgan fingerprint density at radius 1 is 1.22 bits per heavy atom. The number of rotatable bonds is 3. The van der Waals surface area contributed by atoms with Crippen molar-refractivity contribution in [2.75, 3.05) is 11.6 Å². The van der Waals surface area contributed by atoms with Crippen LogP contribution in [0.1, 0.15) is 25.7 Å². The number of hydrogen-bond acceptors (Lipinski definition) is 3. The minimum absolute atomic E-state index is 0.0112. The van der Waals surface area contributed by atoms with Crippen LogP contribution < -0.4 is 5.32 Å². The maximum atomic E-state index is 12.0. The van der Waals surface area contributed by atoms with Crippen molar-refractivity contribution in [3.63, 3.8) is 0 Å². The van der Waals surface area contributed by atoms with E-state index in [1.54, 1.807) is 11.8 Å². The third-order valence-corrected chi connectivity index (χ3v) is 4.02. The predicted octanol–water partition coefficient (Wildman–Crippen LogP) is 3.11. The lowest BCUT2D eigenvalue weighted by Gasteiger charge is -2.20. The van der Waals surface area contributed by atoms with Gasteiger partial charge in [-0.3, -0.25) is 9.59 Å². The molecule has 0 aliphatic heterocycles. The van der Waals surface area contributed by atoms with Crippen molar-refractivity contribution in [2.45, 2.75) is 30.6 Å². The first-order valence-electron chi connectivity index (χ1n) is 6.15. The molecule has 1 aromatic carbocycles. The molecular formula is C14H17NO2S. The van der Waals surface area contributed by atoms with Crippen LogP contribution in [-0.2, 0) is 9.59 Å². The van der Waals surface area contributed by atoms with Crippen LogP contribution >= 0.6 is 11.8 Å². The Kier molecular flexibility index (Phi) is 4.42. The highest BCUT2D eigenvalue weighted by Gasteiger charge is 2.24. The summed E-state index contributed by atoms with van der Waals surface area (Å²) < 4.78 is 0. The maximum Gasteiger partial charge on any atom is 0.227 e. The zero-order chi connectivity index (χ0) is 13.0. The highest BCUT2D eigenvalue weighted by atomic mass is 32.2. The van der Waals surface area contributed by atoms with Crippen molar-refractivity contribution in [1.29, 1.82) is 0 Å². The second-order valence-corrected chi connectivity index (χ2v) is 5.41. The average molecular weight is 263 g/mol. The van der Waals surface area contributed by atoms with Gasteiger partial charge in [-0.2, -0.15) is 0 Å². The summed E-state index contributed by atoms with van der Waals surface area (Å²) in [5, 5.41) is 2.92. The Morgan fingerprint density at radius 3 is 2.39 bits per heavy atom. The van der Waals surface area contributed by atoms with E-state index in [4.69, 9.17) is 0 Å². The van der Waals surface area contributed by atoms with Gasteiger partial charge in [0.1, 0.15) is 5.78 Å². The van der Waals surface area contributed by atoms with Crippen molar-refractivity contribution >= 4 is 29.1 Å². The lowest BCUT2D eigenvalue weighted by Crippen LogP contribution is -2.27. The quantitative estimate of drug-likeness (QED) is 0.852. The van der Waals surface area contributed by atoms with E-state index >= 15 is 0 Å². The van der Waals surface area contributed by atoms with E-state index in [0.29, 0.717) is 25.7 Å². The molecule has 4 heteroatoms. The van der Waals surface area contributed by atoms with Gasteiger partial charge in [-0.25, -0.2) is 0 Å². The summed E-state index contributed by atoms with van der Waals surface area (Å²) in [5.74, 6) is 0.311. The molecular weight excluding hydrogens is 246 g/mol. The van der Waals surface area contributed by atoms with Crippen LogP contribution in [0.4, 0.5) is 5.69 Å². The van der Waals surface area contributed by atoms with E-state index in [1.165, 1.54) is 4.90 Å². The number of ketones is 1. The standard InChI is InChI=1S/C14H17NO2S/c1-18-13-8-4-11(5-9-13)15-14(17)10-2-6-12(16)7-3-10/h4-5,8-10H,2-3,6-7H2,1H3,(H,15,17). The molecule has 96 valence electrons. The molecule has 1 saturated carbocycles. The van der Waals surface area contributed by atoms with Gasteiger partial charge in [-0.1, -0.05) is 0 Å². The summed E-state index contributed by atoms with van der Waals surface area (Å²) in [6, 6.07) is 7.81. The molecule has 0 saturated heterocycles. The normalized spacial score (nSPS) is 16.6. The molecule has 1 N–H and O–H groups in total. The number of Topliss-reactive ketones (excluding diaryl/α,β-unsaturated/α-hetero) is 1. The van der Waals surface area contributed by atoms with Gasteiger partial charge in [0.2, 0.25) is 5.91 Å². The number of benzene rings is 1. The number of hydrogen-bond donors (Lipinski definition) is 1. The zero-order valence-corrected chi connectivity index (χ0v) is 11.3. The zero-order valence-electron chi connectivity index (χ0n) is 10.4. The first kappa shape index (κ1) is 13.1. The number of carbonyl (C=O) groups excluding carboxylic acids is 2. The Balaban J connectivity index is 1.92. The number of amides is 1. The Bertz CT molecular complexity index is 432. The fourth-order valence-corrected chi connectivity index (χ4v) is 2.53. The molecule has 2 rings (SSSR count).